The van der Waals surface area contributed by atoms with Gasteiger partial charge in [0.25, 0.3) is 0 Å². The van der Waals surface area contributed by atoms with E-state index in [4.69, 9.17) is 15.2 Å². The maximum absolute atomic E-state index is 13.5. The van der Waals surface area contributed by atoms with E-state index in [2.05, 4.69) is 0 Å². The number of rotatable bonds is 3. The van der Waals surface area contributed by atoms with Crippen molar-refractivity contribution >= 4 is 5.97 Å². The minimum absolute atomic E-state index is 0.0585. The van der Waals surface area contributed by atoms with Crippen molar-refractivity contribution in [1.82, 2.24) is 0 Å². The Morgan fingerprint density at radius 1 is 1.55 bits per heavy atom. The highest BCUT2D eigenvalue weighted by Gasteiger charge is 2.36. The molecule has 2 N–H and O–H groups in total. The predicted molar refractivity (Wildman–Crippen MR) is 76.4 cm³/mol. The Labute approximate surface area is 127 Å². The molecule has 114 valence electrons. The van der Waals surface area contributed by atoms with Crippen LogP contribution in [0.2, 0.25) is 0 Å². The van der Waals surface area contributed by atoms with Gasteiger partial charge in [-0.25, -0.2) is 9.18 Å². The molecule has 1 heterocycles. The van der Waals surface area contributed by atoms with Crippen LogP contribution in [0.1, 0.15) is 24.8 Å². The van der Waals surface area contributed by atoms with E-state index >= 15 is 0 Å². The predicted octanol–water partition coefficient (Wildman–Crippen LogP) is 2.47. The number of carbonyl (C=O) groups is 1. The number of esters is 1. The topological polar surface area (TPSA) is 85.3 Å². The lowest BCUT2D eigenvalue weighted by molar-refractivity contribution is -0.136. The largest absolute Gasteiger partial charge is 0.466 e. The van der Waals surface area contributed by atoms with Crippen LogP contribution in [0.3, 0.4) is 0 Å². The number of nitrogens with zero attached hydrogens (tertiary/aromatic N) is 1. The molecular formula is C16H15FN2O3. The smallest absolute Gasteiger partial charge is 0.338 e. The second-order valence-electron chi connectivity index (χ2n) is 4.66. The van der Waals surface area contributed by atoms with E-state index < -0.39 is 17.7 Å². The van der Waals surface area contributed by atoms with Gasteiger partial charge >= 0.3 is 5.97 Å². The Hall–Kier alpha value is -2.81. The van der Waals surface area contributed by atoms with Crippen LogP contribution in [0.25, 0.3) is 0 Å². The molecule has 0 saturated heterocycles. The first-order valence-electron chi connectivity index (χ1n) is 6.67. The van der Waals surface area contributed by atoms with Gasteiger partial charge < -0.3 is 15.2 Å². The third-order valence-electron chi connectivity index (χ3n) is 3.41. The molecule has 2 rings (SSSR count). The van der Waals surface area contributed by atoms with E-state index in [-0.39, 0.29) is 17.0 Å². The van der Waals surface area contributed by atoms with Crippen LogP contribution in [-0.2, 0) is 14.3 Å². The van der Waals surface area contributed by atoms with Gasteiger partial charge in [-0.15, -0.1) is 0 Å². The zero-order chi connectivity index (χ0) is 16.3. The van der Waals surface area contributed by atoms with Gasteiger partial charge in [-0.2, -0.15) is 5.26 Å². The monoisotopic (exact) mass is 302 g/mol. The van der Waals surface area contributed by atoms with E-state index in [1.807, 2.05) is 6.07 Å². The Bertz CT molecular complexity index is 716. The Balaban J connectivity index is 2.69. The van der Waals surface area contributed by atoms with Crippen LogP contribution in [0.4, 0.5) is 4.39 Å². The lowest BCUT2D eigenvalue weighted by atomic mass is 9.82. The lowest BCUT2D eigenvalue weighted by Gasteiger charge is -2.27. The summed E-state index contributed by atoms with van der Waals surface area (Å²) in [5.41, 5.74) is 6.45. The molecule has 0 amide bonds. The molecule has 0 aliphatic carbocycles. The molecule has 0 fully saturated rings. The summed E-state index contributed by atoms with van der Waals surface area (Å²) < 4.78 is 23.7. The first-order valence-corrected chi connectivity index (χ1v) is 6.67. The van der Waals surface area contributed by atoms with Crippen molar-refractivity contribution in [2.45, 2.75) is 19.3 Å². The van der Waals surface area contributed by atoms with Crippen molar-refractivity contribution in [2.75, 3.05) is 7.11 Å². The zero-order valence-electron chi connectivity index (χ0n) is 12.2. The summed E-state index contributed by atoms with van der Waals surface area (Å²) >= 11 is 0. The van der Waals surface area contributed by atoms with Crippen LogP contribution >= 0.6 is 0 Å². The number of benzene rings is 1. The summed E-state index contributed by atoms with van der Waals surface area (Å²) in [4.78, 5) is 12.1. The van der Waals surface area contributed by atoms with E-state index in [0.717, 1.165) is 0 Å². The molecule has 22 heavy (non-hydrogen) atoms. The van der Waals surface area contributed by atoms with Crippen LogP contribution in [0, 0.1) is 17.1 Å². The number of allylic oxidation sites excluding steroid dienone is 2. The first-order chi connectivity index (χ1) is 10.5. The van der Waals surface area contributed by atoms with Crippen molar-refractivity contribution in [3.8, 4) is 6.07 Å². The van der Waals surface area contributed by atoms with E-state index in [0.29, 0.717) is 17.7 Å². The average Bonchev–Trinajstić information content (AvgIpc) is 2.52. The molecule has 1 aromatic rings. The summed E-state index contributed by atoms with van der Waals surface area (Å²) in [6.07, 6.45) is 0.385. The molecule has 0 radical (unpaired) electrons. The van der Waals surface area contributed by atoms with Gasteiger partial charge in [-0.3, -0.25) is 0 Å². The van der Waals surface area contributed by atoms with E-state index in [9.17, 15) is 14.4 Å². The highest BCUT2D eigenvalue weighted by Crippen LogP contribution is 2.40. The van der Waals surface area contributed by atoms with E-state index in [1.54, 1.807) is 13.0 Å². The number of nitriles is 1. The molecule has 0 bridgehead atoms. The maximum atomic E-state index is 13.5. The standard InChI is InChI=1S/C16H15FN2O3/c1-3-12-14(16(20)21-2)13(11(8-18)15(19)22-12)9-5-4-6-10(17)7-9/h4-7,13H,3,19H2,1-2H3/t13-/m1/s1. The van der Waals surface area contributed by atoms with Gasteiger partial charge in [0.1, 0.15) is 23.2 Å². The molecule has 1 aromatic carbocycles. The average molecular weight is 302 g/mol. The maximum Gasteiger partial charge on any atom is 0.338 e. The summed E-state index contributed by atoms with van der Waals surface area (Å²) in [7, 11) is 1.24. The molecule has 0 saturated carbocycles. The highest BCUT2D eigenvalue weighted by atomic mass is 19.1. The zero-order valence-corrected chi connectivity index (χ0v) is 12.2. The third kappa shape index (κ3) is 2.66. The van der Waals surface area contributed by atoms with Crippen molar-refractivity contribution in [3.05, 3.63) is 58.4 Å². The first kappa shape index (κ1) is 15.6. The van der Waals surface area contributed by atoms with E-state index in [1.165, 1.54) is 25.3 Å². The Morgan fingerprint density at radius 2 is 2.27 bits per heavy atom. The second-order valence-corrected chi connectivity index (χ2v) is 4.66. The third-order valence-corrected chi connectivity index (χ3v) is 3.41. The van der Waals surface area contributed by atoms with Crippen LogP contribution in [0.5, 0.6) is 0 Å². The minimum Gasteiger partial charge on any atom is -0.466 e. The summed E-state index contributed by atoms with van der Waals surface area (Å²) in [6, 6.07) is 7.61. The van der Waals surface area contributed by atoms with Crippen molar-refractivity contribution in [1.29, 1.82) is 5.26 Å². The normalized spacial score (nSPS) is 17.8. The van der Waals surface area contributed by atoms with Gasteiger partial charge in [0.15, 0.2) is 0 Å². The molecule has 0 spiro atoms. The quantitative estimate of drug-likeness (QED) is 0.867. The van der Waals surface area contributed by atoms with Crippen LogP contribution in [0.15, 0.2) is 47.1 Å². The Morgan fingerprint density at radius 3 is 2.82 bits per heavy atom. The summed E-state index contributed by atoms with van der Waals surface area (Å²) in [6.45, 7) is 1.78. The fraction of sp³-hybridized carbons (Fsp3) is 0.250. The van der Waals surface area contributed by atoms with Crippen molar-refractivity contribution < 1.29 is 18.7 Å². The van der Waals surface area contributed by atoms with Crippen LogP contribution in [-0.4, -0.2) is 13.1 Å². The molecule has 5 nitrogen and oxygen atoms in total. The van der Waals surface area contributed by atoms with Gasteiger partial charge in [0, 0.05) is 6.42 Å². The van der Waals surface area contributed by atoms with Gasteiger partial charge in [-0.05, 0) is 17.7 Å². The second kappa shape index (κ2) is 6.31. The fourth-order valence-corrected chi connectivity index (χ4v) is 2.43. The number of methoxy groups -OCH3 is 1. The number of carbonyl (C=O) groups excluding carboxylic acids is 1. The highest BCUT2D eigenvalue weighted by molar-refractivity contribution is 5.92. The van der Waals surface area contributed by atoms with Gasteiger partial charge in [0.2, 0.25) is 5.88 Å². The van der Waals surface area contributed by atoms with Crippen molar-refractivity contribution in [3.63, 3.8) is 0 Å². The molecule has 1 aliphatic heterocycles. The van der Waals surface area contributed by atoms with Gasteiger partial charge in [-0.1, -0.05) is 19.1 Å². The molecule has 1 aliphatic rings. The van der Waals surface area contributed by atoms with Crippen LogP contribution < -0.4 is 5.73 Å². The molecule has 1 atom stereocenters. The summed E-state index contributed by atoms with van der Waals surface area (Å²) in [5, 5.41) is 9.36. The Kier molecular flexibility index (Phi) is 4.47. The molecule has 6 heteroatoms. The molecular weight excluding hydrogens is 287 g/mol. The minimum atomic E-state index is -0.808. The lowest BCUT2D eigenvalue weighted by Crippen LogP contribution is -2.25. The molecule has 0 unspecified atom stereocenters. The molecule has 0 aromatic heterocycles. The number of hydrogen-bond donors (Lipinski definition) is 1. The van der Waals surface area contributed by atoms with Crippen molar-refractivity contribution in [2.24, 2.45) is 5.73 Å². The number of halogens is 1. The summed E-state index contributed by atoms with van der Waals surface area (Å²) in [5.74, 6) is -1.68. The number of nitrogens with two attached hydrogens (primary N) is 1. The van der Waals surface area contributed by atoms with Gasteiger partial charge in [0.05, 0.1) is 18.6 Å². The number of hydrogen-bond acceptors (Lipinski definition) is 5. The number of ether oxygens (including phenoxy) is 2. The SMILES string of the molecule is CCC1=C(C(=O)OC)[C@H](c2cccc(F)c2)C(C#N)=C(N)O1. The fourth-order valence-electron chi connectivity index (χ4n) is 2.43.